The molecule has 2 rings (SSSR count). The molecular weight excluding hydrogens is 310 g/mol. The Hall–Kier alpha value is -1.67. The third kappa shape index (κ3) is 3.33. The van der Waals surface area contributed by atoms with Crippen LogP contribution in [0, 0.1) is 5.92 Å². The average molecular weight is 327 g/mol. The first kappa shape index (κ1) is 15.7. The number of aromatic nitrogens is 1. The normalized spacial score (nSPS) is 12.6. The molecule has 0 spiro atoms. The zero-order valence-corrected chi connectivity index (χ0v) is 13.8. The van der Waals surface area contributed by atoms with Gasteiger partial charge in [-0.25, -0.2) is 9.78 Å². The monoisotopic (exact) mass is 327 g/mol. The number of fused-ring (bicyclic) bond motifs is 1. The van der Waals surface area contributed by atoms with Crippen LogP contribution in [0.2, 0.25) is 0 Å². The van der Waals surface area contributed by atoms with Crippen molar-refractivity contribution in [3.8, 4) is 0 Å². The van der Waals surface area contributed by atoms with Gasteiger partial charge in [0.05, 0.1) is 9.58 Å². The molecule has 0 bridgehead atoms. The number of nitrogens with zero attached hydrogens (tertiary/aromatic N) is 2. The summed E-state index contributed by atoms with van der Waals surface area (Å²) in [4.78, 5) is 30.9. The van der Waals surface area contributed by atoms with Crippen LogP contribution >= 0.6 is 22.7 Å². The molecule has 1 amide bonds. The molecule has 2 N–H and O–H groups in total. The van der Waals surface area contributed by atoms with Gasteiger partial charge in [-0.2, -0.15) is 0 Å². The topological polar surface area (TPSA) is 82.5 Å². The molecule has 0 fully saturated rings. The SMILES string of the molecule is CC(C)[C@@H](NC(=O)c1cc2sc(N(C)C)nc2s1)C(=O)O. The lowest BCUT2D eigenvalue weighted by Gasteiger charge is -2.17. The largest absolute Gasteiger partial charge is 0.480 e. The van der Waals surface area contributed by atoms with Crippen LogP contribution in [0.3, 0.4) is 0 Å². The molecule has 2 aromatic rings. The van der Waals surface area contributed by atoms with Crippen LogP contribution in [0.4, 0.5) is 5.13 Å². The second-order valence-corrected chi connectivity index (χ2v) is 7.24. The van der Waals surface area contributed by atoms with E-state index in [1.165, 1.54) is 22.7 Å². The van der Waals surface area contributed by atoms with E-state index >= 15 is 0 Å². The van der Waals surface area contributed by atoms with Gasteiger partial charge in [0.15, 0.2) is 5.13 Å². The number of rotatable bonds is 5. The summed E-state index contributed by atoms with van der Waals surface area (Å²) in [5.41, 5.74) is 0. The Morgan fingerprint density at radius 3 is 2.48 bits per heavy atom. The van der Waals surface area contributed by atoms with Crippen LogP contribution in [0.1, 0.15) is 23.5 Å². The number of hydrogen-bond donors (Lipinski definition) is 2. The highest BCUT2D eigenvalue weighted by Crippen LogP contribution is 2.33. The average Bonchev–Trinajstić information content (AvgIpc) is 2.92. The Morgan fingerprint density at radius 2 is 2.00 bits per heavy atom. The molecule has 0 aromatic carbocycles. The highest BCUT2D eigenvalue weighted by atomic mass is 32.1. The van der Waals surface area contributed by atoms with Gasteiger partial charge < -0.3 is 15.3 Å². The lowest BCUT2D eigenvalue weighted by molar-refractivity contribution is -0.140. The highest BCUT2D eigenvalue weighted by molar-refractivity contribution is 7.29. The quantitative estimate of drug-likeness (QED) is 0.880. The van der Waals surface area contributed by atoms with Crippen LogP contribution in [0.15, 0.2) is 6.07 Å². The van der Waals surface area contributed by atoms with Gasteiger partial charge in [0.1, 0.15) is 10.9 Å². The van der Waals surface area contributed by atoms with Crippen LogP contribution in [-0.2, 0) is 4.79 Å². The number of carboxylic acid groups (broad SMARTS) is 1. The van der Waals surface area contributed by atoms with E-state index in [-0.39, 0.29) is 11.8 Å². The molecule has 6 nitrogen and oxygen atoms in total. The van der Waals surface area contributed by atoms with Gasteiger partial charge in [0.25, 0.3) is 5.91 Å². The minimum Gasteiger partial charge on any atom is -0.480 e. The molecule has 1 atom stereocenters. The number of carbonyl (C=O) groups excluding carboxylic acids is 1. The van der Waals surface area contributed by atoms with Crippen LogP contribution in [0.5, 0.6) is 0 Å². The molecule has 0 aliphatic heterocycles. The minimum atomic E-state index is -1.02. The molecule has 0 radical (unpaired) electrons. The Labute approximate surface area is 130 Å². The van der Waals surface area contributed by atoms with E-state index in [1.54, 1.807) is 19.9 Å². The van der Waals surface area contributed by atoms with E-state index in [4.69, 9.17) is 5.11 Å². The van der Waals surface area contributed by atoms with Crippen molar-refractivity contribution < 1.29 is 14.7 Å². The Bertz CT molecular complexity index is 644. The van der Waals surface area contributed by atoms with Gasteiger partial charge in [0.2, 0.25) is 0 Å². The molecule has 0 aliphatic rings. The number of carboxylic acids is 1. The maximum atomic E-state index is 12.2. The third-order valence-corrected chi connectivity index (χ3v) is 5.23. The van der Waals surface area contributed by atoms with Gasteiger partial charge in [-0.05, 0) is 12.0 Å². The molecule has 0 unspecified atom stereocenters. The first-order valence-electron chi connectivity index (χ1n) is 6.41. The standard InChI is InChI=1S/C13H17N3O3S2/c1-6(2)9(12(18)19)14-10(17)7-5-8-11(20-7)15-13(21-8)16(3)4/h5-6,9H,1-4H3,(H,14,17)(H,18,19)/t9-/m1/s1. The molecule has 2 heterocycles. The maximum absolute atomic E-state index is 12.2. The van der Waals surface area contributed by atoms with Crippen molar-refractivity contribution in [1.82, 2.24) is 10.3 Å². The molecular formula is C13H17N3O3S2. The summed E-state index contributed by atoms with van der Waals surface area (Å²) in [6, 6.07) is 0.877. The van der Waals surface area contributed by atoms with Gasteiger partial charge in [-0.15, -0.1) is 11.3 Å². The number of carbonyl (C=O) groups is 2. The van der Waals surface area contributed by atoms with Crippen molar-refractivity contribution in [1.29, 1.82) is 0 Å². The molecule has 8 heteroatoms. The van der Waals surface area contributed by atoms with Crippen molar-refractivity contribution in [2.75, 3.05) is 19.0 Å². The first-order valence-corrected chi connectivity index (χ1v) is 8.04. The smallest absolute Gasteiger partial charge is 0.326 e. The van der Waals surface area contributed by atoms with E-state index in [1.807, 2.05) is 19.0 Å². The molecule has 0 aliphatic carbocycles. The number of aliphatic carboxylic acids is 1. The van der Waals surface area contributed by atoms with Gasteiger partial charge in [-0.1, -0.05) is 25.2 Å². The van der Waals surface area contributed by atoms with Gasteiger partial charge in [0, 0.05) is 14.1 Å². The van der Waals surface area contributed by atoms with E-state index in [2.05, 4.69) is 10.3 Å². The predicted octanol–water partition coefficient (Wildman–Crippen LogP) is 2.26. The summed E-state index contributed by atoms with van der Waals surface area (Å²) in [7, 11) is 3.83. The Balaban J connectivity index is 2.19. The number of amides is 1. The first-order chi connectivity index (χ1) is 9.79. The maximum Gasteiger partial charge on any atom is 0.326 e. The molecule has 0 saturated heterocycles. The Kier molecular flexibility index (Phi) is 4.48. The zero-order valence-electron chi connectivity index (χ0n) is 12.2. The molecule has 0 saturated carbocycles. The van der Waals surface area contributed by atoms with Crippen LogP contribution in [-0.4, -0.2) is 42.1 Å². The van der Waals surface area contributed by atoms with E-state index in [0.29, 0.717) is 4.88 Å². The van der Waals surface area contributed by atoms with Gasteiger partial charge >= 0.3 is 5.97 Å². The fourth-order valence-electron chi connectivity index (χ4n) is 1.75. The summed E-state index contributed by atoms with van der Waals surface area (Å²) in [6.07, 6.45) is 0. The summed E-state index contributed by atoms with van der Waals surface area (Å²) >= 11 is 2.78. The van der Waals surface area contributed by atoms with Crippen LogP contribution < -0.4 is 10.2 Å². The number of hydrogen-bond acceptors (Lipinski definition) is 6. The van der Waals surface area contributed by atoms with Crippen molar-refractivity contribution in [3.63, 3.8) is 0 Å². The van der Waals surface area contributed by atoms with E-state index < -0.39 is 12.0 Å². The van der Waals surface area contributed by atoms with E-state index in [0.717, 1.165) is 14.7 Å². The lowest BCUT2D eigenvalue weighted by Crippen LogP contribution is -2.44. The fraction of sp³-hybridized carbons (Fsp3) is 0.462. The second-order valence-electron chi connectivity index (χ2n) is 5.20. The highest BCUT2D eigenvalue weighted by Gasteiger charge is 2.25. The molecule has 114 valence electrons. The summed E-state index contributed by atoms with van der Waals surface area (Å²) in [5.74, 6) is -1.56. The van der Waals surface area contributed by atoms with Crippen molar-refractivity contribution >= 4 is 49.2 Å². The number of anilines is 1. The summed E-state index contributed by atoms with van der Waals surface area (Å²) in [6.45, 7) is 3.52. The summed E-state index contributed by atoms with van der Waals surface area (Å²) < 4.78 is 0.935. The molecule has 2 aromatic heterocycles. The Morgan fingerprint density at radius 1 is 1.33 bits per heavy atom. The number of nitrogens with one attached hydrogen (secondary N) is 1. The van der Waals surface area contributed by atoms with Crippen molar-refractivity contribution in [3.05, 3.63) is 10.9 Å². The zero-order chi connectivity index (χ0) is 15.7. The second kappa shape index (κ2) is 5.98. The fourth-order valence-corrected chi connectivity index (χ4v) is 3.79. The van der Waals surface area contributed by atoms with Crippen molar-refractivity contribution in [2.45, 2.75) is 19.9 Å². The molecule has 21 heavy (non-hydrogen) atoms. The summed E-state index contributed by atoms with van der Waals surface area (Å²) in [5, 5.41) is 12.6. The lowest BCUT2D eigenvalue weighted by atomic mass is 10.0. The third-order valence-electron chi connectivity index (χ3n) is 2.90. The predicted molar refractivity (Wildman–Crippen MR) is 85.6 cm³/mol. The van der Waals surface area contributed by atoms with Crippen LogP contribution in [0.25, 0.3) is 9.53 Å². The number of thiazole rings is 1. The van der Waals surface area contributed by atoms with Crippen molar-refractivity contribution in [2.24, 2.45) is 5.92 Å². The minimum absolute atomic E-state index is 0.175. The van der Waals surface area contributed by atoms with E-state index in [9.17, 15) is 9.59 Å². The van der Waals surface area contributed by atoms with Gasteiger partial charge in [-0.3, -0.25) is 4.79 Å². The number of thiophene rings is 1.